The van der Waals surface area contributed by atoms with Crippen molar-refractivity contribution in [3.63, 3.8) is 0 Å². The highest BCUT2D eigenvalue weighted by molar-refractivity contribution is 6.28. The minimum absolute atomic E-state index is 0.0202. The molecule has 4 nitrogen and oxygen atoms in total. The van der Waals surface area contributed by atoms with E-state index in [4.69, 9.17) is 11.6 Å². The molecule has 5 heteroatoms. The first-order valence-electron chi connectivity index (χ1n) is 5.72. The molecule has 16 heavy (non-hydrogen) atoms. The largest absolute Gasteiger partial charge is 0.352 e. The maximum atomic E-state index is 11.7. The van der Waals surface area contributed by atoms with E-state index in [0.717, 1.165) is 12.8 Å². The number of imidazole rings is 1. The first kappa shape index (κ1) is 11.5. The molecule has 1 fully saturated rings. The highest BCUT2D eigenvalue weighted by atomic mass is 35.5. The number of aromatic nitrogens is 2. The van der Waals surface area contributed by atoms with Crippen molar-refractivity contribution < 1.29 is 4.79 Å². The van der Waals surface area contributed by atoms with Crippen LogP contribution in [0, 0.1) is 0 Å². The Kier molecular flexibility index (Phi) is 3.83. The molecule has 1 saturated carbocycles. The molecule has 0 radical (unpaired) electrons. The van der Waals surface area contributed by atoms with Crippen molar-refractivity contribution in [2.24, 2.45) is 0 Å². The van der Waals surface area contributed by atoms with Crippen LogP contribution in [0.4, 0.5) is 0 Å². The van der Waals surface area contributed by atoms with Crippen molar-refractivity contribution in [3.8, 4) is 0 Å². The molecule has 1 N–H and O–H groups in total. The van der Waals surface area contributed by atoms with Gasteiger partial charge in [-0.1, -0.05) is 19.3 Å². The summed E-state index contributed by atoms with van der Waals surface area (Å²) < 4.78 is 1.64. The topological polar surface area (TPSA) is 46.9 Å². The normalized spacial score (nSPS) is 17.3. The summed E-state index contributed by atoms with van der Waals surface area (Å²) in [5.41, 5.74) is 0. The fourth-order valence-corrected chi connectivity index (χ4v) is 2.28. The van der Waals surface area contributed by atoms with E-state index in [1.807, 2.05) is 0 Å². The summed E-state index contributed by atoms with van der Waals surface area (Å²) in [5.74, 6) is 0.0202. The molecule has 0 saturated heterocycles. The van der Waals surface area contributed by atoms with Gasteiger partial charge in [0.15, 0.2) is 0 Å². The quantitative estimate of drug-likeness (QED) is 0.880. The van der Waals surface area contributed by atoms with Crippen molar-refractivity contribution in [2.75, 3.05) is 0 Å². The number of amides is 1. The van der Waals surface area contributed by atoms with Gasteiger partial charge in [0.1, 0.15) is 6.54 Å². The van der Waals surface area contributed by atoms with E-state index < -0.39 is 0 Å². The lowest BCUT2D eigenvalue weighted by Gasteiger charge is -2.22. The molecular formula is C11H16ClN3O. The molecule has 1 aromatic rings. The van der Waals surface area contributed by atoms with Crippen molar-refractivity contribution in [3.05, 3.63) is 17.7 Å². The van der Waals surface area contributed by atoms with E-state index in [2.05, 4.69) is 10.3 Å². The average molecular weight is 242 g/mol. The second-order valence-electron chi connectivity index (χ2n) is 4.23. The monoisotopic (exact) mass is 241 g/mol. The van der Waals surface area contributed by atoms with Crippen molar-refractivity contribution in [2.45, 2.75) is 44.7 Å². The minimum Gasteiger partial charge on any atom is -0.352 e. The highest BCUT2D eigenvalue weighted by Gasteiger charge is 2.16. The Balaban J connectivity index is 1.82. The van der Waals surface area contributed by atoms with E-state index >= 15 is 0 Å². The Hall–Kier alpha value is -1.03. The van der Waals surface area contributed by atoms with Crippen LogP contribution in [0.3, 0.4) is 0 Å². The molecule has 0 bridgehead atoms. The van der Waals surface area contributed by atoms with Crippen LogP contribution in [-0.2, 0) is 11.3 Å². The second kappa shape index (κ2) is 5.34. The zero-order valence-corrected chi connectivity index (χ0v) is 9.91. The molecule has 0 aliphatic heterocycles. The van der Waals surface area contributed by atoms with Crippen LogP contribution in [0.2, 0.25) is 5.28 Å². The number of nitrogens with zero attached hydrogens (tertiary/aromatic N) is 2. The predicted molar refractivity (Wildman–Crippen MR) is 62.3 cm³/mol. The van der Waals surface area contributed by atoms with Gasteiger partial charge in [-0.3, -0.25) is 4.79 Å². The summed E-state index contributed by atoms with van der Waals surface area (Å²) in [6, 6.07) is 0.351. The number of halogens is 1. The zero-order valence-electron chi connectivity index (χ0n) is 9.16. The first-order valence-corrected chi connectivity index (χ1v) is 6.09. The molecule has 0 atom stereocenters. The van der Waals surface area contributed by atoms with Gasteiger partial charge < -0.3 is 9.88 Å². The molecule has 1 heterocycles. The van der Waals surface area contributed by atoms with Gasteiger partial charge in [-0.05, 0) is 24.4 Å². The third-order valence-electron chi connectivity index (χ3n) is 2.95. The lowest BCUT2D eigenvalue weighted by atomic mass is 9.95. The Morgan fingerprint density at radius 2 is 2.25 bits per heavy atom. The Bertz CT molecular complexity index is 358. The van der Waals surface area contributed by atoms with Gasteiger partial charge in [-0.25, -0.2) is 4.98 Å². The van der Waals surface area contributed by atoms with Gasteiger partial charge in [0.2, 0.25) is 11.2 Å². The summed E-state index contributed by atoms with van der Waals surface area (Å²) in [4.78, 5) is 15.6. The van der Waals surface area contributed by atoms with Crippen LogP contribution in [0.25, 0.3) is 0 Å². The average Bonchev–Trinajstić information content (AvgIpc) is 2.66. The standard InChI is InChI=1S/C11H16ClN3O/c12-11-13-6-7-15(11)8-10(16)14-9-4-2-1-3-5-9/h6-7,9H,1-5,8H2,(H,14,16). The molecule has 2 rings (SSSR count). The summed E-state index contributed by atoms with van der Waals surface area (Å²) >= 11 is 5.80. The van der Waals surface area contributed by atoms with Crippen molar-refractivity contribution >= 4 is 17.5 Å². The molecule has 1 amide bonds. The zero-order chi connectivity index (χ0) is 11.4. The number of hydrogen-bond donors (Lipinski definition) is 1. The van der Waals surface area contributed by atoms with Crippen LogP contribution < -0.4 is 5.32 Å². The third-order valence-corrected chi connectivity index (χ3v) is 3.26. The fraction of sp³-hybridized carbons (Fsp3) is 0.636. The molecule has 1 aliphatic carbocycles. The molecule has 1 aliphatic rings. The number of carbonyl (C=O) groups is 1. The van der Waals surface area contributed by atoms with Gasteiger partial charge in [-0.2, -0.15) is 0 Å². The lowest BCUT2D eigenvalue weighted by Crippen LogP contribution is -2.38. The number of nitrogens with one attached hydrogen (secondary N) is 1. The SMILES string of the molecule is O=C(Cn1ccnc1Cl)NC1CCCCC1. The Labute approximate surface area is 100.0 Å². The van der Waals surface area contributed by atoms with Gasteiger partial charge >= 0.3 is 0 Å². The van der Waals surface area contributed by atoms with Gasteiger partial charge in [0.05, 0.1) is 0 Å². The lowest BCUT2D eigenvalue weighted by molar-refractivity contribution is -0.122. The summed E-state index contributed by atoms with van der Waals surface area (Å²) in [6.07, 6.45) is 9.24. The van der Waals surface area contributed by atoms with Crippen LogP contribution in [0.5, 0.6) is 0 Å². The number of hydrogen-bond acceptors (Lipinski definition) is 2. The summed E-state index contributed by atoms with van der Waals surface area (Å²) in [5, 5.41) is 3.40. The first-order chi connectivity index (χ1) is 7.75. The van der Waals surface area contributed by atoms with Crippen LogP contribution >= 0.6 is 11.6 Å². The van der Waals surface area contributed by atoms with Crippen LogP contribution in [-0.4, -0.2) is 21.5 Å². The third kappa shape index (κ3) is 2.98. The highest BCUT2D eigenvalue weighted by Crippen LogP contribution is 2.17. The second-order valence-corrected chi connectivity index (χ2v) is 4.56. The molecular weight excluding hydrogens is 226 g/mol. The smallest absolute Gasteiger partial charge is 0.240 e. The summed E-state index contributed by atoms with van der Waals surface area (Å²) in [7, 11) is 0. The molecule has 0 spiro atoms. The van der Waals surface area contributed by atoms with E-state index in [-0.39, 0.29) is 12.5 Å². The fourth-order valence-electron chi connectivity index (χ4n) is 2.10. The molecule has 88 valence electrons. The van der Waals surface area contributed by atoms with Gasteiger partial charge in [-0.15, -0.1) is 0 Å². The van der Waals surface area contributed by atoms with Gasteiger partial charge in [0.25, 0.3) is 0 Å². The predicted octanol–water partition coefficient (Wildman–Crippen LogP) is 1.99. The molecule has 0 aromatic carbocycles. The maximum absolute atomic E-state index is 11.7. The maximum Gasteiger partial charge on any atom is 0.240 e. The molecule has 1 aromatic heterocycles. The van der Waals surface area contributed by atoms with E-state index in [9.17, 15) is 4.79 Å². The summed E-state index contributed by atoms with van der Waals surface area (Å²) in [6.45, 7) is 0.259. The van der Waals surface area contributed by atoms with Crippen molar-refractivity contribution in [1.29, 1.82) is 0 Å². The van der Waals surface area contributed by atoms with Gasteiger partial charge in [0, 0.05) is 18.4 Å². The van der Waals surface area contributed by atoms with Crippen LogP contribution in [0.15, 0.2) is 12.4 Å². The van der Waals surface area contributed by atoms with E-state index in [1.165, 1.54) is 19.3 Å². The minimum atomic E-state index is 0.0202. The Morgan fingerprint density at radius 3 is 2.88 bits per heavy atom. The van der Waals surface area contributed by atoms with E-state index in [0.29, 0.717) is 11.3 Å². The van der Waals surface area contributed by atoms with Crippen molar-refractivity contribution in [1.82, 2.24) is 14.9 Å². The Morgan fingerprint density at radius 1 is 1.50 bits per heavy atom. The molecule has 0 unspecified atom stereocenters. The van der Waals surface area contributed by atoms with E-state index in [1.54, 1.807) is 17.0 Å². The number of carbonyl (C=O) groups excluding carboxylic acids is 1. The van der Waals surface area contributed by atoms with Crippen LogP contribution in [0.1, 0.15) is 32.1 Å². The number of rotatable bonds is 3.